The molecule has 5 nitrogen and oxygen atoms in total. The van der Waals surface area contributed by atoms with Crippen molar-refractivity contribution in [2.24, 2.45) is 7.05 Å². The fraction of sp³-hybridized carbons (Fsp3) is 0.375. The van der Waals surface area contributed by atoms with Gasteiger partial charge in [-0.3, -0.25) is 9.58 Å². The van der Waals surface area contributed by atoms with Gasteiger partial charge < -0.3 is 9.47 Å². The Kier molecular flexibility index (Phi) is 6.63. The maximum Gasteiger partial charge on any atom is 0.162 e. The van der Waals surface area contributed by atoms with Crippen molar-refractivity contribution in [2.45, 2.75) is 26.0 Å². The van der Waals surface area contributed by atoms with Crippen molar-refractivity contribution >= 4 is 0 Å². The molecule has 31 heavy (non-hydrogen) atoms. The summed E-state index contributed by atoms with van der Waals surface area (Å²) in [7, 11) is 1.89. The molecule has 7 heteroatoms. The first-order valence-corrected chi connectivity index (χ1v) is 10.5. The molecule has 4 rings (SSSR count). The summed E-state index contributed by atoms with van der Waals surface area (Å²) in [6, 6.07) is 14.0. The molecule has 1 aliphatic rings. The van der Waals surface area contributed by atoms with Crippen LogP contribution in [0.1, 0.15) is 28.6 Å². The van der Waals surface area contributed by atoms with Crippen LogP contribution in [0.2, 0.25) is 0 Å². The highest BCUT2D eigenvalue weighted by Crippen LogP contribution is 2.24. The van der Waals surface area contributed by atoms with Crippen LogP contribution in [0.5, 0.6) is 5.75 Å². The average molecular weight is 427 g/mol. The lowest BCUT2D eigenvalue weighted by Crippen LogP contribution is -2.38. The van der Waals surface area contributed by atoms with Gasteiger partial charge in [-0.05, 0) is 36.2 Å². The number of hydrogen-bond acceptors (Lipinski definition) is 4. The SMILES string of the molecule is Cc1ccccc1CN1CCO[C@H](c2cc(CCOc3ccc(F)c(F)c3)n(C)n2)C1. The number of aryl methyl sites for hydroxylation is 2. The smallest absolute Gasteiger partial charge is 0.162 e. The van der Waals surface area contributed by atoms with Crippen molar-refractivity contribution in [3.05, 3.63) is 82.7 Å². The monoisotopic (exact) mass is 427 g/mol. The second kappa shape index (κ2) is 9.58. The van der Waals surface area contributed by atoms with Crippen LogP contribution in [0.4, 0.5) is 8.78 Å². The molecule has 2 heterocycles. The van der Waals surface area contributed by atoms with Crippen LogP contribution in [0.25, 0.3) is 0 Å². The maximum absolute atomic E-state index is 13.3. The van der Waals surface area contributed by atoms with E-state index >= 15 is 0 Å². The fourth-order valence-electron chi connectivity index (χ4n) is 3.82. The number of halogens is 2. The molecular formula is C24H27F2N3O2. The van der Waals surface area contributed by atoms with Gasteiger partial charge in [0.2, 0.25) is 0 Å². The van der Waals surface area contributed by atoms with E-state index in [4.69, 9.17) is 9.47 Å². The van der Waals surface area contributed by atoms with Crippen molar-refractivity contribution in [1.29, 1.82) is 0 Å². The van der Waals surface area contributed by atoms with Gasteiger partial charge in [-0.2, -0.15) is 5.10 Å². The van der Waals surface area contributed by atoms with Gasteiger partial charge in [0.15, 0.2) is 11.6 Å². The van der Waals surface area contributed by atoms with E-state index in [9.17, 15) is 8.78 Å². The van der Waals surface area contributed by atoms with Crippen LogP contribution < -0.4 is 4.74 Å². The molecular weight excluding hydrogens is 400 g/mol. The number of aromatic nitrogens is 2. The third-order valence-electron chi connectivity index (χ3n) is 5.65. The highest BCUT2D eigenvalue weighted by atomic mass is 19.2. The van der Waals surface area contributed by atoms with Gasteiger partial charge in [0, 0.05) is 44.9 Å². The number of nitrogens with zero attached hydrogens (tertiary/aromatic N) is 3. The molecule has 0 spiro atoms. The zero-order valence-electron chi connectivity index (χ0n) is 17.9. The highest BCUT2D eigenvalue weighted by molar-refractivity contribution is 5.26. The van der Waals surface area contributed by atoms with Crippen LogP contribution in [0.15, 0.2) is 48.5 Å². The van der Waals surface area contributed by atoms with E-state index in [0.29, 0.717) is 25.4 Å². The quantitative estimate of drug-likeness (QED) is 0.567. The third kappa shape index (κ3) is 5.29. The van der Waals surface area contributed by atoms with Crippen LogP contribution in [0, 0.1) is 18.6 Å². The van der Waals surface area contributed by atoms with E-state index in [2.05, 4.69) is 41.2 Å². The Morgan fingerprint density at radius 2 is 1.97 bits per heavy atom. The molecule has 3 aromatic rings. The Balaban J connectivity index is 1.35. The standard InChI is InChI=1S/C24H27F2N3O2/c1-17-5-3-4-6-18(17)15-29-10-12-31-24(16-29)23-13-19(28(2)27-23)9-11-30-20-7-8-21(25)22(26)14-20/h3-8,13-14,24H,9-12,15-16H2,1-2H3/t24-/m0/s1. The minimum atomic E-state index is -0.912. The summed E-state index contributed by atoms with van der Waals surface area (Å²) in [4.78, 5) is 2.40. The maximum atomic E-state index is 13.3. The van der Waals surface area contributed by atoms with Crippen LogP contribution >= 0.6 is 0 Å². The normalized spacial score (nSPS) is 17.1. The largest absolute Gasteiger partial charge is 0.493 e. The summed E-state index contributed by atoms with van der Waals surface area (Å²) in [5, 5.41) is 4.64. The molecule has 1 saturated heterocycles. The first-order chi connectivity index (χ1) is 15.0. The van der Waals surface area contributed by atoms with Gasteiger partial charge in [-0.1, -0.05) is 24.3 Å². The van der Waals surface area contributed by atoms with Crippen molar-refractivity contribution in [3.8, 4) is 5.75 Å². The van der Waals surface area contributed by atoms with E-state index in [0.717, 1.165) is 43.2 Å². The van der Waals surface area contributed by atoms with Gasteiger partial charge in [0.25, 0.3) is 0 Å². The molecule has 0 amide bonds. The van der Waals surface area contributed by atoms with E-state index in [1.807, 2.05) is 17.8 Å². The summed E-state index contributed by atoms with van der Waals surface area (Å²) >= 11 is 0. The molecule has 0 saturated carbocycles. The van der Waals surface area contributed by atoms with Gasteiger partial charge in [0.05, 0.1) is 18.9 Å². The molecule has 1 aromatic heterocycles. The van der Waals surface area contributed by atoms with Crippen LogP contribution in [-0.4, -0.2) is 41.0 Å². The first kappa shape index (κ1) is 21.5. The Hall–Kier alpha value is -2.77. The molecule has 164 valence electrons. The lowest BCUT2D eigenvalue weighted by atomic mass is 10.1. The van der Waals surface area contributed by atoms with Gasteiger partial charge >= 0.3 is 0 Å². The molecule has 1 atom stereocenters. The summed E-state index contributed by atoms with van der Waals surface area (Å²) in [6.07, 6.45) is 0.520. The Bertz CT molecular complexity index is 1040. The first-order valence-electron chi connectivity index (χ1n) is 10.5. The summed E-state index contributed by atoms with van der Waals surface area (Å²) in [5.41, 5.74) is 4.53. The van der Waals surface area contributed by atoms with Crippen molar-refractivity contribution in [3.63, 3.8) is 0 Å². The average Bonchev–Trinajstić information content (AvgIpc) is 3.13. The molecule has 0 unspecified atom stereocenters. The Morgan fingerprint density at radius 1 is 1.13 bits per heavy atom. The summed E-state index contributed by atoms with van der Waals surface area (Å²) in [6.45, 7) is 5.73. The van der Waals surface area contributed by atoms with Gasteiger partial charge in [-0.15, -0.1) is 0 Å². The number of benzene rings is 2. The van der Waals surface area contributed by atoms with Crippen molar-refractivity contribution in [1.82, 2.24) is 14.7 Å². The Labute approximate surface area is 181 Å². The minimum absolute atomic E-state index is 0.0789. The molecule has 1 fully saturated rings. The van der Waals surface area contributed by atoms with E-state index < -0.39 is 11.6 Å². The van der Waals surface area contributed by atoms with E-state index in [1.54, 1.807) is 0 Å². The molecule has 2 aromatic carbocycles. The molecule has 0 aliphatic carbocycles. The fourth-order valence-corrected chi connectivity index (χ4v) is 3.82. The Morgan fingerprint density at radius 3 is 2.77 bits per heavy atom. The molecule has 1 aliphatic heterocycles. The highest BCUT2D eigenvalue weighted by Gasteiger charge is 2.25. The molecule has 0 radical (unpaired) electrons. The number of ether oxygens (including phenoxy) is 2. The number of rotatable bonds is 7. The molecule has 0 bridgehead atoms. The lowest BCUT2D eigenvalue weighted by molar-refractivity contribution is -0.0352. The van der Waals surface area contributed by atoms with Crippen LogP contribution in [-0.2, 0) is 24.8 Å². The van der Waals surface area contributed by atoms with Crippen molar-refractivity contribution < 1.29 is 18.3 Å². The second-order valence-electron chi connectivity index (χ2n) is 7.88. The van der Waals surface area contributed by atoms with Gasteiger partial charge in [-0.25, -0.2) is 8.78 Å². The van der Waals surface area contributed by atoms with E-state index in [1.165, 1.54) is 17.2 Å². The van der Waals surface area contributed by atoms with Crippen LogP contribution in [0.3, 0.4) is 0 Å². The number of hydrogen-bond donors (Lipinski definition) is 0. The molecule has 0 N–H and O–H groups in total. The second-order valence-corrected chi connectivity index (χ2v) is 7.88. The number of morpholine rings is 1. The third-order valence-corrected chi connectivity index (χ3v) is 5.65. The topological polar surface area (TPSA) is 39.5 Å². The summed E-state index contributed by atoms with van der Waals surface area (Å²) < 4.78 is 39.7. The predicted molar refractivity (Wildman–Crippen MR) is 114 cm³/mol. The minimum Gasteiger partial charge on any atom is -0.493 e. The van der Waals surface area contributed by atoms with Gasteiger partial charge in [0.1, 0.15) is 11.9 Å². The summed E-state index contributed by atoms with van der Waals surface area (Å²) in [5.74, 6) is -1.48. The van der Waals surface area contributed by atoms with Crippen molar-refractivity contribution in [2.75, 3.05) is 26.3 Å². The lowest BCUT2D eigenvalue weighted by Gasteiger charge is -2.32. The zero-order valence-corrected chi connectivity index (χ0v) is 17.9. The van der Waals surface area contributed by atoms with E-state index in [-0.39, 0.29) is 6.10 Å². The zero-order chi connectivity index (χ0) is 21.8. The predicted octanol–water partition coefficient (Wildman–Crippen LogP) is 4.20.